The second-order valence-electron chi connectivity index (χ2n) is 8.05. The van der Waals surface area contributed by atoms with Crippen molar-refractivity contribution in [2.45, 2.75) is 25.9 Å². The fourth-order valence-corrected chi connectivity index (χ4v) is 6.05. The van der Waals surface area contributed by atoms with Crippen molar-refractivity contribution in [2.24, 2.45) is 0 Å². The van der Waals surface area contributed by atoms with E-state index in [1.807, 2.05) is 0 Å². The first-order valence-corrected chi connectivity index (χ1v) is 13.6. The highest BCUT2D eigenvalue weighted by molar-refractivity contribution is 9.10. The van der Waals surface area contributed by atoms with Crippen LogP contribution < -0.4 is 4.74 Å². The van der Waals surface area contributed by atoms with E-state index >= 15 is 0 Å². The molecule has 4 rings (SSSR count). The molecule has 3 amide bonds. The zero-order chi connectivity index (χ0) is 25.1. The number of carbonyl (C=O) groups excluding carboxylic acids is 3. The number of amides is 3. The van der Waals surface area contributed by atoms with Crippen LogP contribution in [0.1, 0.15) is 30.4 Å². The summed E-state index contributed by atoms with van der Waals surface area (Å²) in [5.41, 5.74) is 1.35. The maximum atomic E-state index is 12.8. The first-order valence-electron chi connectivity index (χ1n) is 10.8. The Morgan fingerprint density at radius 2 is 1.80 bits per heavy atom. The van der Waals surface area contributed by atoms with Crippen LogP contribution in [0.25, 0.3) is 6.08 Å². The van der Waals surface area contributed by atoms with Crippen molar-refractivity contribution in [1.29, 1.82) is 0 Å². The molecule has 2 aliphatic rings. The Hall–Kier alpha value is -1.71. The smallest absolute Gasteiger partial charge is 0.294 e. The first kappa shape index (κ1) is 26.4. The molecule has 0 aromatic heterocycles. The lowest BCUT2D eigenvalue weighted by atomic mass is 10.1. The lowest BCUT2D eigenvalue weighted by Gasteiger charge is -2.27. The summed E-state index contributed by atoms with van der Waals surface area (Å²) in [6.45, 7) is 1.26. The molecule has 0 radical (unpaired) electrons. The molecule has 0 N–H and O–H groups in total. The molecule has 11 heteroatoms. The minimum absolute atomic E-state index is 0.178. The Morgan fingerprint density at radius 3 is 2.49 bits per heavy atom. The molecule has 2 aliphatic heterocycles. The number of imide groups is 1. The summed E-state index contributed by atoms with van der Waals surface area (Å²) in [6, 6.07) is 8.50. The highest BCUT2D eigenvalue weighted by atomic mass is 79.9. The average molecular weight is 619 g/mol. The van der Waals surface area contributed by atoms with Crippen molar-refractivity contribution in [3.63, 3.8) is 0 Å². The fourth-order valence-electron chi connectivity index (χ4n) is 3.76. The number of carbonyl (C=O) groups is 3. The number of likely N-dealkylation sites (tertiary alicyclic amines) is 1. The van der Waals surface area contributed by atoms with Gasteiger partial charge in [0, 0.05) is 28.7 Å². The second-order valence-corrected chi connectivity index (χ2v) is 11.1. The summed E-state index contributed by atoms with van der Waals surface area (Å²) in [6.07, 6.45) is 4.54. The molecule has 184 valence electrons. The molecule has 0 saturated carbocycles. The molecule has 0 spiro atoms. The maximum Gasteiger partial charge on any atom is 0.294 e. The van der Waals surface area contributed by atoms with Crippen LogP contribution in [0.5, 0.6) is 5.75 Å². The average Bonchev–Trinajstić information content (AvgIpc) is 3.07. The largest absolute Gasteiger partial charge is 0.486 e. The number of hydrogen-bond acceptors (Lipinski definition) is 5. The Bertz CT molecular complexity index is 1190. The van der Waals surface area contributed by atoms with Gasteiger partial charge >= 0.3 is 0 Å². The van der Waals surface area contributed by atoms with Gasteiger partial charge in [-0.15, -0.1) is 0 Å². The van der Waals surface area contributed by atoms with E-state index in [0.29, 0.717) is 43.9 Å². The van der Waals surface area contributed by atoms with E-state index in [1.165, 1.54) is 0 Å². The predicted octanol–water partition coefficient (Wildman–Crippen LogP) is 7.04. The molecule has 0 atom stereocenters. The lowest BCUT2D eigenvalue weighted by molar-refractivity contribution is -0.136. The maximum absolute atomic E-state index is 12.8. The number of halogens is 4. The molecule has 0 bridgehead atoms. The summed E-state index contributed by atoms with van der Waals surface area (Å²) in [5.74, 6) is -0.285. The molecule has 2 saturated heterocycles. The van der Waals surface area contributed by atoms with Gasteiger partial charge in [-0.3, -0.25) is 19.3 Å². The Labute approximate surface area is 230 Å². The van der Waals surface area contributed by atoms with Gasteiger partial charge in [0.1, 0.15) is 13.2 Å². The Morgan fingerprint density at radius 1 is 1.06 bits per heavy atom. The molecule has 2 aromatic rings. The normalized spacial score (nSPS) is 17.4. The van der Waals surface area contributed by atoms with Gasteiger partial charge in [-0.05, 0) is 82.9 Å². The minimum Gasteiger partial charge on any atom is -0.486 e. The summed E-state index contributed by atoms with van der Waals surface area (Å²) >= 11 is 22.8. The number of nitrogens with zero attached hydrogens (tertiary/aromatic N) is 2. The zero-order valence-corrected chi connectivity index (χ0v) is 23.0. The molecule has 2 heterocycles. The van der Waals surface area contributed by atoms with Gasteiger partial charge in [-0.1, -0.05) is 40.9 Å². The molecular weight excluding hydrogens is 599 g/mol. The van der Waals surface area contributed by atoms with Crippen LogP contribution in [-0.4, -0.2) is 46.5 Å². The van der Waals surface area contributed by atoms with Crippen LogP contribution in [0.3, 0.4) is 0 Å². The predicted molar refractivity (Wildman–Crippen MR) is 143 cm³/mol. The van der Waals surface area contributed by atoms with Crippen molar-refractivity contribution in [3.8, 4) is 5.75 Å². The Kier molecular flexibility index (Phi) is 8.71. The van der Waals surface area contributed by atoms with Gasteiger partial charge in [-0.2, -0.15) is 0 Å². The van der Waals surface area contributed by atoms with Crippen LogP contribution in [0.2, 0.25) is 15.1 Å². The van der Waals surface area contributed by atoms with Gasteiger partial charge in [0.15, 0.2) is 5.75 Å². The fraction of sp³-hybridized carbons (Fsp3) is 0.292. The molecule has 35 heavy (non-hydrogen) atoms. The van der Waals surface area contributed by atoms with Crippen molar-refractivity contribution >= 4 is 85.6 Å². The van der Waals surface area contributed by atoms with Gasteiger partial charge in [0.2, 0.25) is 5.91 Å². The van der Waals surface area contributed by atoms with Crippen LogP contribution in [0, 0.1) is 0 Å². The minimum atomic E-state index is -0.490. The third kappa shape index (κ3) is 6.35. The third-order valence-corrected chi connectivity index (χ3v) is 7.95. The van der Waals surface area contributed by atoms with Crippen LogP contribution in [0.15, 0.2) is 39.7 Å². The van der Waals surface area contributed by atoms with Gasteiger partial charge in [0.25, 0.3) is 11.1 Å². The Balaban J connectivity index is 1.45. The van der Waals surface area contributed by atoms with E-state index in [2.05, 4.69) is 15.9 Å². The van der Waals surface area contributed by atoms with E-state index < -0.39 is 11.1 Å². The monoisotopic (exact) mass is 616 g/mol. The quantitative estimate of drug-likeness (QED) is 0.325. The number of thioether (sulfide) groups is 1. The molecular formula is C24H20BrCl3N2O4S. The molecule has 2 fully saturated rings. The van der Waals surface area contributed by atoms with Crippen LogP contribution in [-0.2, 0) is 16.2 Å². The molecule has 2 aromatic carbocycles. The highest BCUT2D eigenvalue weighted by Crippen LogP contribution is 2.38. The zero-order valence-electron chi connectivity index (χ0n) is 18.4. The second kappa shape index (κ2) is 11.6. The standard InChI is InChI=1S/C24H20BrCl3N2O4S/c25-17-8-14(9-19(28)22(17)34-13-15-4-5-16(26)11-18(15)27)10-20-23(32)30(24(33)35-20)12-21(31)29-6-2-1-3-7-29/h4-5,8-11H,1-3,6-7,12-13H2/b20-10-. The summed E-state index contributed by atoms with van der Waals surface area (Å²) in [4.78, 5) is 40.8. The molecule has 0 aliphatic carbocycles. The van der Waals surface area contributed by atoms with Crippen LogP contribution >= 0.6 is 62.5 Å². The lowest BCUT2D eigenvalue weighted by Crippen LogP contribution is -2.44. The van der Waals surface area contributed by atoms with Gasteiger partial charge in [-0.25, -0.2) is 0 Å². The van der Waals surface area contributed by atoms with Crippen molar-refractivity contribution in [3.05, 3.63) is 65.9 Å². The van der Waals surface area contributed by atoms with E-state index in [9.17, 15) is 14.4 Å². The number of rotatable bonds is 6. The third-order valence-electron chi connectivity index (χ3n) is 5.58. The SMILES string of the molecule is O=C(CN1C(=O)S/C(=C\c2cc(Cl)c(OCc3ccc(Cl)cc3Cl)c(Br)c2)C1=O)N1CCCCC1. The summed E-state index contributed by atoms with van der Waals surface area (Å²) < 4.78 is 6.42. The van der Waals surface area contributed by atoms with E-state index in [4.69, 9.17) is 39.5 Å². The van der Waals surface area contributed by atoms with Crippen LogP contribution in [0.4, 0.5) is 4.79 Å². The van der Waals surface area contributed by atoms with E-state index in [1.54, 1.807) is 41.3 Å². The van der Waals surface area contributed by atoms with Crippen molar-refractivity contribution in [2.75, 3.05) is 19.6 Å². The number of ether oxygens (including phenoxy) is 1. The number of benzene rings is 2. The number of hydrogen-bond donors (Lipinski definition) is 0. The molecule has 6 nitrogen and oxygen atoms in total. The van der Waals surface area contributed by atoms with Gasteiger partial charge < -0.3 is 9.64 Å². The van der Waals surface area contributed by atoms with E-state index in [-0.39, 0.29) is 24.0 Å². The van der Waals surface area contributed by atoms with Crippen molar-refractivity contribution in [1.82, 2.24) is 9.80 Å². The molecule has 0 unspecified atom stereocenters. The van der Waals surface area contributed by atoms with Gasteiger partial charge in [0.05, 0.1) is 14.4 Å². The van der Waals surface area contributed by atoms with E-state index in [0.717, 1.165) is 41.5 Å². The van der Waals surface area contributed by atoms with Crippen molar-refractivity contribution < 1.29 is 19.1 Å². The first-order chi connectivity index (χ1) is 16.7. The topological polar surface area (TPSA) is 66.9 Å². The summed E-state index contributed by atoms with van der Waals surface area (Å²) in [7, 11) is 0. The summed E-state index contributed by atoms with van der Waals surface area (Å²) in [5, 5.41) is 0.866. The number of piperidine rings is 1. The highest BCUT2D eigenvalue weighted by Gasteiger charge is 2.37.